The monoisotopic (exact) mass is 158 g/mol. The molecule has 0 rings (SSSR count). The van der Waals surface area contributed by atoms with Crippen molar-refractivity contribution in [2.75, 3.05) is 6.54 Å². The molecule has 0 fully saturated rings. The van der Waals surface area contributed by atoms with Gasteiger partial charge in [0.25, 0.3) is 0 Å². The largest absolute Gasteiger partial charge is 0.330 e. The van der Waals surface area contributed by atoms with Crippen molar-refractivity contribution in [2.24, 2.45) is 17.4 Å². The molecule has 2 atom stereocenters. The normalized spacial score (nSPS) is 16.4. The van der Waals surface area contributed by atoms with Crippen LogP contribution in [0.1, 0.15) is 39.5 Å². The maximum Gasteiger partial charge on any atom is 0.00644 e. The predicted molar refractivity (Wildman–Crippen MR) is 50.3 cm³/mol. The fourth-order valence-corrected chi connectivity index (χ4v) is 1.11. The molecule has 0 aromatic carbocycles. The van der Waals surface area contributed by atoms with Crippen molar-refractivity contribution in [2.45, 2.75) is 45.6 Å². The number of nitrogens with two attached hydrogens (primary N) is 2. The van der Waals surface area contributed by atoms with Gasteiger partial charge in [0.05, 0.1) is 0 Å². The molecule has 0 saturated heterocycles. The lowest BCUT2D eigenvalue weighted by atomic mass is 9.95. The molecule has 0 aromatic heterocycles. The third kappa shape index (κ3) is 5.22. The fourth-order valence-electron chi connectivity index (χ4n) is 1.11. The molecule has 68 valence electrons. The van der Waals surface area contributed by atoms with Crippen molar-refractivity contribution in [3.63, 3.8) is 0 Å². The SMILES string of the molecule is CCC(C)C(N)CCCCN. The summed E-state index contributed by atoms with van der Waals surface area (Å²) in [5, 5.41) is 0. The Labute approximate surface area is 70.3 Å². The Morgan fingerprint density at radius 3 is 2.36 bits per heavy atom. The molecule has 0 aliphatic heterocycles. The van der Waals surface area contributed by atoms with E-state index in [1.807, 2.05) is 0 Å². The Morgan fingerprint density at radius 2 is 1.91 bits per heavy atom. The van der Waals surface area contributed by atoms with Gasteiger partial charge in [-0.05, 0) is 25.3 Å². The van der Waals surface area contributed by atoms with Crippen molar-refractivity contribution in [1.82, 2.24) is 0 Å². The number of hydrogen-bond acceptors (Lipinski definition) is 2. The summed E-state index contributed by atoms with van der Waals surface area (Å²) in [4.78, 5) is 0. The van der Waals surface area contributed by atoms with Crippen LogP contribution in [0.3, 0.4) is 0 Å². The lowest BCUT2D eigenvalue weighted by Crippen LogP contribution is -2.27. The first-order chi connectivity index (χ1) is 5.22. The summed E-state index contributed by atoms with van der Waals surface area (Å²) in [5.41, 5.74) is 11.3. The summed E-state index contributed by atoms with van der Waals surface area (Å²) in [6.07, 6.45) is 4.61. The van der Waals surface area contributed by atoms with Gasteiger partial charge in [-0.15, -0.1) is 0 Å². The Hall–Kier alpha value is -0.0800. The summed E-state index contributed by atoms with van der Waals surface area (Å²) in [6, 6.07) is 0.381. The molecule has 0 amide bonds. The van der Waals surface area contributed by atoms with Gasteiger partial charge in [0.15, 0.2) is 0 Å². The molecule has 0 radical (unpaired) electrons. The smallest absolute Gasteiger partial charge is 0.00644 e. The number of rotatable bonds is 6. The molecule has 2 heteroatoms. The Bertz CT molecular complexity index is 83.6. The lowest BCUT2D eigenvalue weighted by molar-refractivity contribution is 0.408. The second-order valence-electron chi connectivity index (χ2n) is 3.33. The third-order valence-electron chi connectivity index (χ3n) is 2.37. The van der Waals surface area contributed by atoms with Gasteiger partial charge in [0.1, 0.15) is 0 Å². The first kappa shape index (κ1) is 10.9. The van der Waals surface area contributed by atoms with Gasteiger partial charge < -0.3 is 11.5 Å². The van der Waals surface area contributed by atoms with Gasteiger partial charge in [-0.3, -0.25) is 0 Å². The van der Waals surface area contributed by atoms with Gasteiger partial charge in [0.2, 0.25) is 0 Å². The summed E-state index contributed by atoms with van der Waals surface area (Å²) in [5.74, 6) is 0.660. The predicted octanol–water partition coefficient (Wildman–Crippen LogP) is 1.49. The zero-order valence-corrected chi connectivity index (χ0v) is 7.84. The second kappa shape index (κ2) is 6.62. The van der Waals surface area contributed by atoms with E-state index in [-0.39, 0.29) is 0 Å². The fraction of sp³-hybridized carbons (Fsp3) is 1.00. The highest BCUT2D eigenvalue weighted by atomic mass is 14.6. The van der Waals surface area contributed by atoms with E-state index >= 15 is 0 Å². The molecule has 0 spiro atoms. The highest BCUT2D eigenvalue weighted by molar-refractivity contribution is 4.67. The zero-order chi connectivity index (χ0) is 8.69. The van der Waals surface area contributed by atoms with Crippen molar-refractivity contribution in [3.8, 4) is 0 Å². The van der Waals surface area contributed by atoms with Crippen molar-refractivity contribution in [3.05, 3.63) is 0 Å². The summed E-state index contributed by atoms with van der Waals surface area (Å²) < 4.78 is 0. The molecule has 0 aliphatic carbocycles. The lowest BCUT2D eigenvalue weighted by Gasteiger charge is -2.17. The number of unbranched alkanes of at least 4 members (excludes halogenated alkanes) is 1. The van der Waals surface area contributed by atoms with E-state index in [1.165, 1.54) is 12.8 Å². The molecular formula is C9H22N2. The second-order valence-corrected chi connectivity index (χ2v) is 3.33. The Morgan fingerprint density at radius 1 is 1.27 bits per heavy atom. The molecule has 0 aromatic rings. The van der Waals surface area contributed by atoms with Crippen molar-refractivity contribution in [1.29, 1.82) is 0 Å². The average molecular weight is 158 g/mol. The van der Waals surface area contributed by atoms with E-state index < -0.39 is 0 Å². The molecule has 2 unspecified atom stereocenters. The topological polar surface area (TPSA) is 52.0 Å². The summed E-state index contributed by atoms with van der Waals surface area (Å²) in [6.45, 7) is 5.20. The van der Waals surface area contributed by atoms with Crippen LogP contribution in [0.5, 0.6) is 0 Å². The van der Waals surface area contributed by atoms with Crippen LogP contribution >= 0.6 is 0 Å². The average Bonchev–Trinajstić information content (AvgIpc) is 2.03. The molecule has 0 heterocycles. The van der Waals surface area contributed by atoms with Gasteiger partial charge in [-0.25, -0.2) is 0 Å². The first-order valence-corrected chi connectivity index (χ1v) is 4.68. The summed E-state index contributed by atoms with van der Waals surface area (Å²) in [7, 11) is 0. The van der Waals surface area contributed by atoms with E-state index in [4.69, 9.17) is 11.5 Å². The van der Waals surface area contributed by atoms with Crippen LogP contribution in [0, 0.1) is 5.92 Å². The highest BCUT2D eigenvalue weighted by Gasteiger charge is 2.08. The minimum atomic E-state index is 0.381. The molecule has 0 saturated carbocycles. The molecule has 0 aliphatic rings. The van der Waals surface area contributed by atoms with Crippen molar-refractivity contribution < 1.29 is 0 Å². The van der Waals surface area contributed by atoms with Crippen LogP contribution in [0.4, 0.5) is 0 Å². The van der Waals surface area contributed by atoms with E-state index in [1.54, 1.807) is 0 Å². The van der Waals surface area contributed by atoms with E-state index in [0.29, 0.717) is 12.0 Å². The van der Waals surface area contributed by atoms with E-state index in [0.717, 1.165) is 19.4 Å². The quantitative estimate of drug-likeness (QED) is 0.575. The van der Waals surface area contributed by atoms with Crippen molar-refractivity contribution >= 4 is 0 Å². The van der Waals surface area contributed by atoms with Crippen LogP contribution in [-0.4, -0.2) is 12.6 Å². The summed E-state index contributed by atoms with van der Waals surface area (Å²) >= 11 is 0. The van der Waals surface area contributed by atoms with Crippen LogP contribution in [0.2, 0.25) is 0 Å². The highest BCUT2D eigenvalue weighted by Crippen LogP contribution is 2.10. The van der Waals surface area contributed by atoms with Gasteiger partial charge in [-0.2, -0.15) is 0 Å². The molecular weight excluding hydrogens is 136 g/mol. The molecule has 4 N–H and O–H groups in total. The standard InChI is InChI=1S/C9H22N2/c1-3-8(2)9(11)6-4-5-7-10/h8-9H,3-7,10-11H2,1-2H3. The van der Waals surface area contributed by atoms with E-state index in [9.17, 15) is 0 Å². The van der Waals surface area contributed by atoms with E-state index in [2.05, 4.69) is 13.8 Å². The minimum Gasteiger partial charge on any atom is -0.330 e. The van der Waals surface area contributed by atoms with Crippen LogP contribution in [-0.2, 0) is 0 Å². The van der Waals surface area contributed by atoms with Gasteiger partial charge in [-0.1, -0.05) is 26.7 Å². The molecule has 0 bridgehead atoms. The van der Waals surface area contributed by atoms with Gasteiger partial charge >= 0.3 is 0 Å². The van der Waals surface area contributed by atoms with Gasteiger partial charge in [0, 0.05) is 6.04 Å². The third-order valence-corrected chi connectivity index (χ3v) is 2.37. The van der Waals surface area contributed by atoms with Crippen LogP contribution < -0.4 is 11.5 Å². The minimum absolute atomic E-state index is 0.381. The Kier molecular flexibility index (Phi) is 6.57. The number of hydrogen-bond donors (Lipinski definition) is 2. The van der Waals surface area contributed by atoms with Crippen LogP contribution in [0.15, 0.2) is 0 Å². The zero-order valence-electron chi connectivity index (χ0n) is 7.84. The first-order valence-electron chi connectivity index (χ1n) is 4.68. The van der Waals surface area contributed by atoms with Crippen LogP contribution in [0.25, 0.3) is 0 Å². The molecule has 2 nitrogen and oxygen atoms in total. The Balaban J connectivity index is 3.28. The molecule has 11 heavy (non-hydrogen) atoms. The maximum atomic E-state index is 5.93. The maximum absolute atomic E-state index is 5.93.